The standard InChI is InChI=1S/C24H22O2/c25-21-13-9-18(10-14-21)17-5-7-19(8-6-17)23-3-1-2-4-24(23)20-11-15-22(26)16-12-20/h1-5,7,9-17,19,25-26H,6,8H2. The summed E-state index contributed by atoms with van der Waals surface area (Å²) in [5.74, 6) is 1.41. The minimum absolute atomic E-state index is 0.292. The summed E-state index contributed by atoms with van der Waals surface area (Å²) < 4.78 is 0. The molecule has 0 aromatic heterocycles. The van der Waals surface area contributed by atoms with Gasteiger partial charge in [0.2, 0.25) is 0 Å². The van der Waals surface area contributed by atoms with E-state index in [-0.39, 0.29) is 0 Å². The van der Waals surface area contributed by atoms with Crippen LogP contribution in [0.2, 0.25) is 0 Å². The number of allylic oxidation sites excluding steroid dienone is 2. The monoisotopic (exact) mass is 342 g/mol. The van der Waals surface area contributed by atoms with E-state index in [0.29, 0.717) is 23.3 Å². The molecule has 0 spiro atoms. The van der Waals surface area contributed by atoms with Gasteiger partial charge in [0.05, 0.1) is 0 Å². The molecule has 2 atom stereocenters. The minimum atomic E-state index is 0.292. The van der Waals surface area contributed by atoms with E-state index in [0.717, 1.165) is 18.4 Å². The lowest BCUT2D eigenvalue weighted by Crippen LogP contribution is -2.07. The Morgan fingerprint density at radius 2 is 1.19 bits per heavy atom. The van der Waals surface area contributed by atoms with Crippen molar-refractivity contribution in [2.75, 3.05) is 0 Å². The van der Waals surface area contributed by atoms with Crippen molar-refractivity contribution in [1.82, 2.24) is 0 Å². The Labute approximate surface area is 154 Å². The Morgan fingerprint density at radius 3 is 1.85 bits per heavy atom. The molecule has 2 N–H and O–H groups in total. The van der Waals surface area contributed by atoms with Gasteiger partial charge < -0.3 is 10.2 Å². The van der Waals surface area contributed by atoms with Crippen LogP contribution in [0.3, 0.4) is 0 Å². The van der Waals surface area contributed by atoms with Crippen molar-refractivity contribution >= 4 is 0 Å². The molecule has 3 aromatic rings. The zero-order valence-corrected chi connectivity index (χ0v) is 14.5. The summed E-state index contributed by atoms with van der Waals surface area (Å²) in [6.07, 6.45) is 6.81. The molecular formula is C24H22O2. The predicted octanol–water partition coefficient (Wildman–Crippen LogP) is 5.98. The number of hydrogen-bond acceptors (Lipinski definition) is 2. The molecular weight excluding hydrogens is 320 g/mol. The molecule has 2 heteroatoms. The Morgan fingerprint density at radius 1 is 0.615 bits per heavy atom. The number of rotatable bonds is 3. The lowest BCUT2D eigenvalue weighted by Gasteiger charge is -2.25. The van der Waals surface area contributed by atoms with Crippen LogP contribution in [-0.4, -0.2) is 10.2 Å². The first-order valence-corrected chi connectivity index (χ1v) is 9.06. The Bertz CT molecular complexity index is 908. The van der Waals surface area contributed by atoms with Crippen molar-refractivity contribution in [2.45, 2.75) is 24.7 Å². The van der Waals surface area contributed by atoms with Crippen molar-refractivity contribution in [3.05, 3.63) is 96.1 Å². The van der Waals surface area contributed by atoms with Gasteiger partial charge in [-0.2, -0.15) is 0 Å². The van der Waals surface area contributed by atoms with E-state index in [1.165, 1.54) is 16.7 Å². The third-order valence-electron chi connectivity index (χ3n) is 5.22. The fourth-order valence-corrected chi connectivity index (χ4v) is 3.80. The normalized spacial score (nSPS) is 19.4. The molecule has 130 valence electrons. The first kappa shape index (κ1) is 16.5. The fraction of sp³-hybridized carbons (Fsp3) is 0.167. The molecule has 0 heterocycles. The van der Waals surface area contributed by atoms with Crippen LogP contribution in [0.4, 0.5) is 0 Å². The second-order valence-electron chi connectivity index (χ2n) is 6.90. The highest BCUT2D eigenvalue weighted by molar-refractivity contribution is 5.69. The molecule has 1 aliphatic rings. The maximum absolute atomic E-state index is 9.55. The van der Waals surface area contributed by atoms with Gasteiger partial charge in [0.25, 0.3) is 0 Å². The van der Waals surface area contributed by atoms with Crippen molar-refractivity contribution in [2.24, 2.45) is 0 Å². The van der Waals surface area contributed by atoms with Crippen LogP contribution in [0.25, 0.3) is 11.1 Å². The fourth-order valence-electron chi connectivity index (χ4n) is 3.80. The van der Waals surface area contributed by atoms with Gasteiger partial charge in [-0.1, -0.05) is 60.7 Å². The first-order valence-electron chi connectivity index (χ1n) is 9.06. The number of phenols is 2. The maximum Gasteiger partial charge on any atom is 0.115 e. The molecule has 0 saturated heterocycles. The van der Waals surface area contributed by atoms with Gasteiger partial charge in [0, 0.05) is 11.8 Å². The van der Waals surface area contributed by atoms with E-state index in [4.69, 9.17) is 0 Å². The summed E-state index contributed by atoms with van der Waals surface area (Å²) in [5, 5.41) is 19.0. The molecule has 0 aliphatic heterocycles. The summed E-state index contributed by atoms with van der Waals surface area (Å²) in [4.78, 5) is 0. The number of hydrogen-bond donors (Lipinski definition) is 2. The molecule has 0 radical (unpaired) electrons. The van der Waals surface area contributed by atoms with E-state index < -0.39 is 0 Å². The molecule has 26 heavy (non-hydrogen) atoms. The van der Waals surface area contributed by atoms with Gasteiger partial charge in [-0.15, -0.1) is 0 Å². The van der Waals surface area contributed by atoms with E-state index in [2.05, 4.69) is 36.4 Å². The molecule has 0 amide bonds. The first-order chi connectivity index (χ1) is 12.7. The molecule has 2 nitrogen and oxygen atoms in total. The largest absolute Gasteiger partial charge is 0.508 e. The van der Waals surface area contributed by atoms with Crippen molar-refractivity contribution < 1.29 is 10.2 Å². The Balaban J connectivity index is 1.60. The number of benzene rings is 3. The van der Waals surface area contributed by atoms with Crippen molar-refractivity contribution in [1.29, 1.82) is 0 Å². The second kappa shape index (κ2) is 7.09. The van der Waals surface area contributed by atoms with Gasteiger partial charge in [0.1, 0.15) is 11.5 Å². The van der Waals surface area contributed by atoms with E-state index in [9.17, 15) is 10.2 Å². The highest BCUT2D eigenvalue weighted by Crippen LogP contribution is 2.39. The molecule has 2 unspecified atom stereocenters. The van der Waals surface area contributed by atoms with Crippen LogP contribution in [0, 0.1) is 0 Å². The van der Waals surface area contributed by atoms with Gasteiger partial charge in [-0.25, -0.2) is 0 Å². The van der Waals surface area contributed by atoms with E-state index in [1.54, 1.807) is 24.3 Å². The molecule has 1 aliphatic carbocycles. The van der Waals surface area contributed by atoms with Crippen LogP contribution >= 0.6 is 0 Å². The third kappa shape index (κ3) is 3.36. The quantitative estimate of drug-likeness (QED) is 0.575. The van der Waals surface area contributed by atoms with Crippen LogP contribution in [-0.2, 0) is 0 Å². The van der Waals surface area contributed by atoms with Gasteiger partial charge in [0.15, 0.2) is 0 Å². The van der Waals surface area contributed by atoms with Crippen LogP contribution in [0.5, 0.6) is 11.5 Å². The predicted molar refractivity (Wildman–Crippen MR) is 106 cm³/mol. The SMILES string of the molecule is Oc1ccc(-c2ccccc2C2C=CC(c3ccc(O)cc3)CC2)cc1. The minimum Gasteiger partial charge on any atom is -0.508 e. The van der Waals surface area contributed by atoms with Crippen LogP contribution < -0.4 is 0 Å². The lowest BCUT2D eigenvalue weighted by atomic mass is 9.79. The summed E-state index contributed by atoms with van der Waals surface area (Å²) in [5.41, 5.74) is 4.95. The molecule has 4 rings (SSSR count). The smallest absolute Gasteiger partial charge is 0.115 e. The molecule has 0 fully saturated rings. The van der Waals surface area contributed by atoms with E-state index in [1.807, 2.05) is 24.3 Å². The van der Waals surface area contributed by atoms with Crippen molar-refractivity contribution in [3.63, 3.8) is 0 Å². The summed E-state index contributed by atoms with van der Waals surface area (Å²) in [6.45, 7) is 0. The maximum atomic E-state index is 9.55. The average molecular weight is 342 g/mol. The average Bonchev–Trinajstić information content (AvgIpc) is 2.69. The molecule has 0 bridgehead atoms. The lowest BCUT2D eigenvalue weighted by molar-refractivity contribution is 0.474. The summed E-state index contributed by atoms with van der Waals surface area (Å²) in [7, 11) is 0. The van der Waals surface area contributed by atoms with Gasteiger partial charge >= 0.3 is 0 Å². The van der Waals surface area contributed by atoms with Crippen LogP contribution in [0.15, 0.2) is 84.9 Å². The third-order valence-corrected chi connectivity index (χ3v) is 5.22. The topological polar surface area (TPSA) is 40.5 Å². The summed E-state index contributed by atoms with van der Waals surface area (Å²) in [6, 6.07) is 23.5. The van der Waals surface area contributed by atoms with E-state index >= 15 is 0 Å². The van der Waals surface area contributed by atoms with Gasteiger partial charge in [-0.3, -0.25) is 0 Å². The summed E-state index contributed by atoms with van der Waals surface area (Å²) >= 11 is 0. The molecule has 0 saturated carbocycles. The van der Waals surface area contributed by atoms with Crippen LogP contribution in [0.1, 0.15) is 35.8 Å². The highest BCUT2D eigenvalue weighted by Gasteiger charge is 2.20. The van der Waals surface area contributed by atoms with Gasteiger partial charge in [-0.05, 0) is 59.4 Å². The Kier molecular flexibility index (Phi) is 4.49. The Hall–Kier alpha value is -3.00. The highest BCUT2D eigenvalue weighted by atomic mass is 16.3. The molecule has 3 aromatic carbocycles. The zero-order chi connectivity index (χ0) is 17.9. The number of phenolic OH excluding ortho intramolecular Hbond substituents is 2. The second-order valence-corrected chi connectivity index (χ2v) is 6.90. The van der Waals surface area contributed by atoms with Crippen molar-refractivity contribution in [3.8, 4) is 22.6 Å². The number of aromatic hydroxyl groups is 2. The zero-order valence-electron chi connectivity index (χ0n) is 14.5.